The molecule has 22 heavy (non-hydrogen) atoms. The Hall–Kier alpha value is -1.66. The van der Waals surface area contributed by atoms with E-state index in [0.29, 0.717) is 18.7 Å². The lowest BCUT2D eigenvalue weighted by molar-refractivity contribution is 0.0954. The van der Waals surface area contributed by atoms with Crippen LogP contribution in [0.4, 0.5) is 5.82 Å². The number of hydrogen-bond donors (Lipinski definition) is 2. The standard InChI is InChI=1S/C16H26N4O2/c1-22-13-10-17-8-9-19-16(21)14-6-5-7-18-15(14)20-11-3-2-4-12-20/h5-7,17H,2-4,8-13H2,1H3,(H,19,21). The molecule has 0 bridgehead atoms. The number of aromatic nitrogens is 1. The third-order valence-corrected chi connectivity index (χ3v) is 3.76. The Labute approximate surface area is 132 Å². The smallest absolute Gasteiger partial charge is 0.255 e. The molecule has 0 atom stereocenters. The summed E-state index contributed by atoms with van der Waals surface area (Å²) >= 11 is 0. The second-order valence-corrected chi connectivity index (χ2v) is 5.42. The summed E-state index contributed by atoms with van der Waals surface area (Å²) in [7, 11) is 1.67. The summed E-state index contributed by atoms with van der Waals surface area (Å²) in [6.45, 7) is 4.75. The van der Waals surface area contributed by atoms with Crippen molar-refractivity contribution in [3.63, 3.8) is 0 Å². The van der Waals surface area contributed by atoms with E-state index in [2.05, 4.69) is 20.5 Å². The van der Waals surface area contributed by atoms with Crippen molar-refractivity contribution >= 4 is 11.7 Å². The number of ether oxygens (including phenoxy) is 1. The predicted octanol–water partition coefficient (Wildman–Crippen LogP) is 1.04. The number of carbonyl (C=O) groups is 1. The first-order valence-corrected chi connectivity index (χ1v) is 8.00. The SMILES string of the molecule is COCCNCCNC(=O)c1cccnc1N1CCCCC1. The molecule has 1 fully saturated rings. The molecule has 1 aliphatic rings. The molecule has 0 unspecified atom stereocenters. The van der Waals surface area contributed by atoms with Crippen molar-refractivity contribution in [2.75, 3.05) is 51.3 Å². The molecule has 1 saturated heterocycles. The molecule has 2 rings (SSSR count). The molecule has 122 valence electrons. The normalized spacial score (nSPS) is 14.9. The van der Waals surface area contributed by atoms with E-state index in [9.17, 15) is 4.79 Å². The summed E-state index contributed by atoms with van der Waals surface area (Å²) in [5, 5.41) is 6.15. The van der Waals surface area contributed by atoms with Crippen molar-refractivity contribution in [1.29, 1.82) is 0 Å². The van der Waals surface area contributed by atoms with Crippen LogP contribution in [-0.2, 0) is 4.74 Å². The average Bonchev–Trinajstić information content (AvgIpc) is 2.58. The minimum absolute atomic E-state index is 0.0535. The van der Waals surface area contributed by atoms with Gasteiger partial charge in [0.2, 0.25) is 0 Å². The highest BCUT2D eigenvalue weighted by Gasteiger charge is 2.19. The van der Waals surface area contributed by atoms with Crippen LogP contribution < -0.4 is 15.5 Å². The van der Waals surface area contributed by atoms with Crippen molar-refractivity contribution in [3.05, 3.63) is 23.9 Å². The maximum atomic E-state index is 12.4. The lowest BCUT2D eigenvalue weighted by Gasteiger charge is -2.29. The number of carbonyl (C=O) groups excluding carboxylic acids is 1. The van der Waals surface area contributed by atoms with Gasteiger partial charge in [-0.15, -0.1) is 0 Å². The average molecular weight is 306 g/mol. The highest BCUT2D eigenvalue weighted by Crippen LogP contribution is 2.21. The molecule has 1 amide bonds. The Morgan fingerprint density at radius 1 is 1.27 bits per heavy atom. The lowest BCUT2D eigenvalue weighted by atomic mass is 10.1. The minimum Gasteiger partial charge on any atom is -0.383 e. The number of amides is 1. The molecule has 6 heteroatoms. The van der Waals surface area contributed by atoms with Gasteiger partial charge in [-0.1, -0.05) is 0 Å². The Morgan fingerprint density at radius 2 is 2.09 bits per heavy atom. The van der Waals surface area contributed by atoms with Crippen molar-refractivity contribution in [2.24, 2.45) is 0 Å². The summed E-state index contributed by atoms with van der Waals surface area (Å²) in [4.78, 5) is 19.0. The molecule has 0 radical (unpaired) electrons. The molecule has 6 nitrogen and oxygen atoms in total. The van der Waals surface area contributed by atoms with Crippen molar-refractivity contribution in [3.8, 4) is 0 Å². The third kappa shape index (κ3) is 4.96. The molecule has 2 N–H and O–H groups in total. The second kappa shape index (κ2) is 9.38. The second-order valence-electron chi connectivity index (χ2n) is 5.42. The van der Waals surface area contributed by atoms with Gasteiger partial charge in [-0.3, -0.25) is 4.79 Å². The molecular formula is C16H26N4O2. The number of rotatable bonds is 8. The van der Waals surface area contributed by atoms with E-state index in [1.807, 2.05) is 12.1 Å². The van der Waals surface area contributed by atoms with Gasteiger partial charge in [0.05, 0.1) is 12.2 Å². The first-order chi connectivity index (χ1) is 10.8. The first kappa shape index (κ1) is 16.7. The van der Waals surface area contributed by atoms with Crippen LogP contribution in [0.5, 0.6) is 0 Å². The van der Waals surface area contributed by atoms with Gasteiger partial charge >= 0.3 is 0 Å². The van der Waals surface area contributed by atoms with Crippen LogP contribution in [0.15, 0.2) is 18.3 Å². The van der Waals surface area contributed by atoms with Gasteiger partial charge in [0.15, 0.2) is 0 Å². The summed E-state index contributed by atoms with van der Waals surface area (Å²) in [5.41, 5.74) is 0.668. The predicted molar refractivity (Wildman–Crippen MR) is 87.4 cm³/mol. The molecule has 0 spiro atoms. The van der Waals surface area contributed by atoms with E-state index < -0.39 is 0 Å². The van der Waals surface area contributed by atoms with Gasteiger partial charge in [0.1, 0.15) is 5.82 Å². The minimum atomic E-state index is -0.0535. The summed E-state index contributed by atoms with van der Waals surface area (Å²) in [6.07, 6.45) is 5.35. The summed E-state index contributed by atoms with van der Waals surface area (Å²) in [6, 6.07) is 3.67. The van der Waals surface area contributed by atoms with Gasteiger partial charge in [-0.05, 0) is 31.4 Å². The van der Waals surface area contributed by atoms with Crippen LogP contribution >= 0.6 is 0 Å². The monoisotopic (exact) mass is 306 g/mol. The Kier molecular flexibility index (Phi) is 7.12. The van der Waals surface area contributed by atoms with Crippen molar-refractivity contribution in [2.45, 2.75) is 19.3 Å². The zero-order valence-corrected chi connectivity index (χ0v) is 13.3. The van der Waals surface area contributed by atoms with Crippen LogP contribution in [0.2, 0.25) is 0 Å². The highest BCUT2D eigenvalue weighted by molar-refractivity contribution is 5.98. The molecule has 0 aliphatic carbocycles. The molecule has 1 aromatic heterocycles. The van der Waals surface area contributed by atoms with E-state index in [-0.39, 0.29) is 5.91 Å². The molecule has 2 heterocycles. The fourth-order valence-electron chi connectivity index (χ4n) is 2.59. The number of piperidine rings is 1. The van der Waals surface area contributed by atoms with E-state index in [0.717, 1.165) is 32.0 Å². The van der Waals surface area contributed by atoms with Crippen LogP contribution in [0.3, 0.4) is 0 Å². The summed E-state index contributed by atoms with van der Waals surface area (Å²) < 4.78 is 4.96. The molecular weight excluding hydrogens is 280 g/mol. The van der Waals surface area contributed by atoms with Crippen molar-refractivity contribution < 1.29 is 9.53 Å². The van der Waals surface area contributed by atoms with Gasteiger partial charge in [-0.2, -0.15) is 0 Å². The van der Waals surface area contributed by atoms with Gasteiger partial charge in [0.25, 0.3) is 5.91 Å². The maximum absolute atomic E-state index is 12.4. The number of hydrogen-bond acceptors (Lipinski definition) is 5. The quantitative estimate of drug-likeness (QED) is 0.703. The fraction of sp³-hybridized carbons (Fsp3) is 0.625. The Balaban J connectivity index is 1.86. The lowest BCUT2D eigenvalue weighted by Crippen LogP contribution is -2.36. The van der Waals surface area contributed by atoms with E-state index in [1.54, 1.807) is 13.3 Å². The number of methoxy groups -OCH3 is 1. The molecule has 1 aliphatic heterocycles. The Morgan fingerprint density at radius 3 is 2.86 bits per heavy atom. The molecule has 1 aromatic rings. The zero-order chi connectivity index (χ0) is 15.6. The third-order valence-electron chi connectivity index (χ3n) is 3.76. The highest BCUT2D eigenvalue weighted by atomic mass is 16.5. The van der Waals surface area contributed by atoms with Gasteiger partial charge in [0, 0.05) is 46.0 Å². The maximum Gasteiger partial charge on any atom is 0.255 e. The number of nitrogens with one attached hydrogen (secondary N) is 2. The fourth-order valence-corrected chi connectivity index (χ4v) is 2.59. The Bertz CT molecular complexity index is 461. The van der Waals surface area contributed by atoms with Crippen molar-refractivity contribution in [1.82, 2.24) is 15.6 Å². The summed E-state index contributed by atoms with van der Waals surface area (Å²) in [5.74, 6) is 0.759. The molecule has 0 aromatic carbocycles. The number of pyridine rings is 1. The van der Waals surface area contributed by atoms with Crippen LogP contribution in [0, 0.1) is 0 Å². The van der Waals surface area contributed by atoms with Crippen LogP contribution in [0.25, 0.3) is 0 Å². The molecule has 0 saturated carbocycles. The topological polar surface area (TPSA) is 66.5 Å². The zero-order valence-electron chi connectivity index (χ0n) is 13.3. The largest absolute Gasteiger partial charge is 0.383 e. The van der Waals surface area contributed by atoms with Crippen LogP contribution in [0.1, 0.15) is 29.6 Å². The first-order valence-electron chi connectivity index (χ1n) is 8.00. The van der Waals surface area contributed by atoms with E-state index in [1.165, 1.54) is 19.3 Å². The van der Waals surface area contributed by atoms with Gasteiger partial charge in [-0.25, -0.2) is 4.98 Å². The number of anilines is 1. The van der Waals surface area contributed by atoms with Gasteiger partial charge < -0.3 is 20.3 Å². The van der Waals surface area contributed by atoms with Crippen LogP contribution in [-0.4, -0.2) is 57.3 Å². The number of nitrogens with zero attached hydrogens (tertiary/aromatic N) is 2. The van der Waals surface area contributed by atoms with E-state index in [4.69, 9.17) is 4.74 Å². The van der Waals surface area contributed by atoms with E-state index >= 15 is 0 Å².